The van der Waals surface area contributed by atoms with E-state index in [1.807, 2.05) is 34.6 Å². The summed E-state index contributed by atoms with van der Waals surface area (Å²) in [5.41, 5.74) is 6.76. The Balaban J connectivity index is 0. The highest BCUT2D eigenvalue weighted by Crippen LogP contribution is 2.06. The van der Waals surface area contributed by atoms with E-state index in [1.165, 1.54) is 0 Å². The first-order valence-corrected chi connectivity index (χ1v) is 4.91. The zero-order valence-corrected chi connectivity index (χ0v) is 9.66. The van der Waals surface area contributed by atoms with Crippen molar-refractivity contribution in [2.45, 2.75) is 34.6 Å². The molecular formula is C11H20N2O. The molecule has 3 nitrogen and oxygen atoms in total. The van der Waals surface area contributed by atoms with E-state index in [0.29, 0.717) is 17.7 Å². The summed E-state index contributed by atoms with van der Waals surface area (Å²) in [5, 5.41) is 0. The van der Waals surface area contributed by atoms with Crippen LogP contribution < -0.4 is 5.73 Å². The summed E-state index contributed by atoms with van der Waals surface area (Å²) >= 11 is 0. The highest BCUT2D eigenvalue weighted by Gasteiger charge is 1.96. The van der Waals surface area contributed by atoms with Crippen LogP contribution in [-0.2, 0) is 0 Å². The van der Waals surface area contributed by atoms with Crippen LogP contribution >= 0.6 is 0 Å². The van der Waals surface area contributed by atoms with Crippen LogP contribution in [0.2, 0.25) is 0 Å². The Labute approximate surface area is 86.4 Å². The number of hydrogen-bond donors (Lipinski definition) is 1. The molecule has 1 heterocycles. The van der Waals surface area contributed by atoms with Gasteiger partial charge in [-0.3, -0.25) is 4.79 Å². The van der Waals surface area contributed by atoms with Crippen molar-refractivity contribution >= 4 is 12.1 Å². The first-order valence-electron chi connectivity index (χ1n) is 4.91. The molecule has 0 spiro atoms. The molecule has 1 aromatic heterocycles. The molecule has 0 saturated carbocycles. The largest absolute Gasteiger partial charge is 0.383 e. The van der Waals surface area contributed by atoms with Crippen molar-refractivity contribution in [3.05, 3.63) is 23.4 Å². The summed E-state index contributed by atoms with van der Waals surface area (Å²) in [7, 11) is 0. The molecular weight excluding hydrogens is 176 g/mol. The van der Waals surface area contributed by atoms with E-state index in [1.54, 1.807) is 12.3 Å². The summed E-state index contributed by atoms with van der Waals surface area (Å²) in [6.07, 6.45) is 2.33. The number of nitrogens with zero attached hydrogens (tertiary/aromatic N) is 1. The molecule has 0 aromatic carbocycles. The number of nitrogen functional groups attached to an aromatic ring is 1. The van der Waals surface area contributed by atoms with Crippen LogP contribution in [0.3, 0.4) is 0 Å². The predicted molar refractivity (Wildman–Crippen MR) is 61.5 cm³/mol. The second kappa shape index (κ2) is 9.71. The number of hydrogen-bond acceptors (Lipinski definition) is 3. The summed E-state index contributed by atoms with van der Waals surface area (Å²) in [6, 6.07) is 1.70. The van der Waals surface area contributed by atoms with Crippen molar-refractivity contribution in [1.29, 1.82) is 0 Å². The molecule has 0 atom stereocenters. The van der Waals surface area contributed by atoms with Gasteiger partial charge in [0.1, 0.15) is 5.82 Å². The number of rotatable bonds is 1. The molecule has 14 heavy (non-hydrogen) atoms. The number of aryl methyl sites for hydroxylation is 1. The Kier molecular flexibility index (Phi) is 10.5. The van der Waals surface area contributed by atoms with Crippen molar-refractivity contribution in [3.63, 3.8) is 0 Å². The second-order valence-corrected chi connectivity index (χ2v) is 2.10. The molecule has 1 rings (SSSR count). The summed E-state index contributed by atoms with van der Waals surface area (Å²) in [6.45, 7) is 9.86. The lowest BCUT2D eigenvalue weighted by molar-refractivity contribution is 0.112. The third-order valence-corrected chi connectivity index (χ3v) is 1.21. The van der Waals surface area contributed by atoms with Crippen molar-refractivity contribution in [3.8, 4) is 0 Å². The van der Waals surface area contributed by atoms with Gasteiger partial charge in [0.25, 0.3) is 0 Å². The van der Waals surface area contributed by atoms with Crippen LogP contribution in [0.15, 0.2) is 12.3 Å². The molecule has 2 N–H and O–H groups in total. The van der Waals surface area contributed by atoms with Gasteiger partial charge in [0.15, 0.2) is 6.29 Å². The number of aldehydes is 1. The maximum absolute atomic E-state index is 10.3. The van der Waals surface area contributed by atoms with Gasteiger partial charge in [0.2, 0.25) is 0 Å². The number of carbonyl (C=O) groups excluding carboxylic acids is 1. The minimum Gasteiger partial charge on any atom is -0.383 e. The van der Waals surface area contributed by atoms with Crippen LogP contribution in [0.5, 0.6) is 0 Å². The van der Waals surface area contributed by atoms with E-state index >= 15 is 0 Å². The Hall–Kier alpha value is -1.38. The molecule has 1 aromatic rings. The van der Waals surface area contributed by atoms with Gasteiger partial charge in [-0.1, -0.05) is 27.7 Å². The van der Waals surface area contributed by atoms with Gasteiger partial charge in [-0.15, -0.1) is 0 Å². The van der Waals surface area contributed by atoms with Crippen molar-refractivity contribution in [2.75, 3.05) is 5.73 Å². The quantitative estimate of drug-likeness (QED) is 0.703. The Bertz CT molecular complexity index is 259. The zero-order valence-electron chi connectivity index (χ0n) is 9.66. The Morgan fingerprint density at radius 3 is 2.14 bits per heavy atom. The lowest BCUT2D eigenvalue weighted by atomic mass is 10.2. The SMILES string of the molecule is CC.CC.Cc1cnc(N)c(C=O)c1. The lowest BCUT2D eigenvalue weighted by Gasteiger charge is -1.96. The van der Waals surface area contributed by atoms with Gasteiger partial charge in [-0.25, -0.2) is 4.98 Å². The Morgan fingerprint density at radius 1 is 1.29 bits per heavy atom. The normalized spacial score (nSPS) is 7.50. The van der Waals surface area contributed by atoms with Crippen molar-refractivity contribution < 1.29 is 4.79 Å². The summed E-state index contributed by atoms with van der Waals surface area (Å²) in [5.74, 6) is 0.292. The van der Waals surface area contributed by atoms with Crippen LogP contribution in [0.1, 0.15) is 43.6 Å². The highest BCUT2D eigenvalue weighted by atomic mass is 16.1. The van der Waals surface area contributed by atoms with E-state index < -0.39 is 0 Å². The second-order valence-electron chi connectivity index (χ2n) is 2.10. The zero-order chi connectivity index (χ0) is 11.6. The van der Waals surface area contributed by atoms with Gasteiger partial charge in [-0.05, 0) is 18.6 Å². The van der Waals surface area contributed by atoms with Crippen molar-refractivity contribution in [1.82, 2.24) is 4.98 Å². The van der Waals surface area contributed by atoms with Gasteiger partial charge in [0.05, 0.1) is 5.56 Å². The number of anilines is 1. The summed E-state index contributed by atoms with van der Waals surface area (Å²) < 4.78 is 0. The fraction of sp³-hybridized carbons (Fsp3) is 0.455. The molecule has 0 aliphatic carbocycles. The molecule has 0 aliphatic heterocycles. The average Bonchev–Trinajstić information content (AvgIpc) is 2.27. The van der Waals surface area contributed by atoms with Crippen molar-refractivity contribution in [2.24, 2.45) is 0 Å². The number of aromatic nitrogens is 1. The first kappa shape index (κ1) is 15.1. The third-order valence-electron chi connectivity index (χ3n) is 1.21. The average molecular weight is 196 g/mol. The van der Waals surface area contributed by atoms with Gasteiger partial charge in [-0.2, -0.15) is 0 Å². The smallest absolute Gasteiger partial charge is 0.153 e. The molecule has 0 radical (unpaired) electrons. The lowest BCUT2D eigenvalue weighted by Crippen LogP contribution is -1.96. The van der Waals surface area contributed by atoms with E-state index in [-0.39, 0.29) is 0 Å². The van der Waals surface area contributed by atoms with Crippen LogP contribution in [0.4, 0.5) is 5.82 Å². The van der Waals surface area contributed by atoms with E-state index in [2.05, 4.69) is 4.98 Å². The highest BCUT2D eigenvalue weighted by molar-refractivity contribution is 5.81. The number of pyridine rings is 1. The first-order chi connectivity index (χ1) is 6.74. The molecule has 0 unspecified atom stereocenters. The fourth-order valence-corrected chi connectivity index (χ4v) is 0.697. The maximum atomic E-state index is 10.3. The Morgan fingerprint density at radius 2 is 1.79 bits per heavy atom. The van der Waals surface area contributed by atoms with E-state index in [0.717, 1.165) is 5.56 Å². The van der Waals surface area contributed by atoms with E-state index in [9.17, 15) is 4.79 Å². The predicted octanol–water partition coefficient (Wildman–Crippen LogP) is 2.84. The molecule has 0 aliphatic rings. The van der Waals surface area contributed by atoms with Gasteiger partial charge < -0.3 is 5.73 Å². The van der Waals surface area contributed by atoms with Crippen LogP contribution in [0.25, 0.3) is 0 Å². The van der Waals surface area contributed by atoms with Gasteiger partial charge in [0, 0.05) is 6.20 Å². The molecule has 0 saturated heterocycles. The molecule has 0 fully saturated rings. The topological polar surface area (TPSA) is 56.0 Å². The number of carbonyl (C=O) groups is 1. The minimum absolute atomic E-state index is 0.292. The standard InChI is InChI=1S/C7H8N2O.2C2H6/c1-5-2-6(4-10)7(8)9-3-5;2*1-2/h2-4H,1H3,(H2,8,9);2*1-2H3. The molecule has 0 amide bonds. The minimum atomic E-state index is 0.292. The molecule has 80 valence electrons. The fourth-order valence-electron chi connectivity index (χ4n) is 0.697. The monoisotopic (exact) mass is 196 g/mol. The number of nitrogens with two attached hydrogens (primary N) is 1. The third kappa shape index (κ3) is 5.30. The van der Waals surface area contributed by atoms with E-state index in [4.69, 9.17) is 5.73 Å². The molecule has 0 bridgehead atoms. The van der Waals surface area contributed by atoms with Crippen LogP contribution in [-0.4, -0.2) is 11.3 Å². The molecule has 3 heteroatoms. The van der Waals surface area contributed by atoms with Crippen LogP contribution in [0, 0.1) is 6.92 Å². The maximum Gasteiger partial charge on any atom is 0.153 e. The summed E-state index contributed by atoms with van der Waals surface area (Å²) in [4.78, 5) is 14.1. The van der Waals surface area contributed by atoms with Gasteiger partial charge >= 0.3 is 0 Å².